The van der Waals surface area contributed by atoms with E-state index in [9.17, 15) is 9.59 Å². The summed E-state index contributed by atoms with van der Waals surface area (Å²) in [5, 5.41) is 4.43. The third kappa shape index (κ3) is 4.81. The maximum absolute atomic E-state index is 12.9. The van der Waals surface area contributed by atoms with Crippen LogP contribution in [0.15, 0.2) is 54.7 Å². The Labute approximate surface area is 196 Å². The Morgan fingerprint density at radius 2 is 1.88 bits per heavy atom. The second-order valence-electron chi connectivity index (χ2n) is 8.03. The Morgan fingerprint density at radius 3 is 2.64 bits per heavy atom. The highest BCUT2D eigenvalue weighted by Crippen LogP contribution is 2.36. The first-order chi connectivity index (χ1) is 15.9. The largest absolute Gasteiger partial charge is 0.456 e. The monoisotopic (exact) mass is 462 g/mol. The molecule has 0 radical (unpaired) electrons. The number of carbonyl (C=O) groups is 2. The van der Waals surface area contributed by atoms with Crippen molar-refractivity contribution in [2.45, 2.75) is 0 Å². The van der Waals surface area contributed by atoms with Crippen LogP contribution in [0.4, 0.5) is 0 Å². The average molecular weight is 463 g/mol. The van der Waals surface area contributed by atoms with Gasteiger partial charge < -0.3 is 19.9 Å². The number of nitrogens with zero attached hydrogens (tertiary/aromatic N) is 3. The van der Waals surface area contributed by atoms with Gasteiger partial charge in [-0.1, -0.05) is 12.1 Å². The average Bonchev–Trinajstić information content (AvgIpc) is 3.26. The SMILES string of the molecule is CNC(=O)c1cccc2cc(Oc3ccnc4cc(C(=O)N(C)CCN(C)C)sc34)ccc12. The summed E-state index contributed by atoms with van der Waals surface area (Å²) < 4.78 is 7.02. The topological polar surface area (TPSA) is 74.8 Å². The molecule has 0 fully saturated rings. The highest BCUT2D eigenvalue weighted by atomic mass is 32.1. The van der Waals surface area contributed by atoms with Crippen LogP contribution in [0.3, 0.4) is 0 Å². The van der Waals surface area contributed by atoms with Crippen molar-refractivity contribution in [2.75, 3.05) is 41.3 Å². The lowest BCUT2D eigenvalue weighted by molar-refractivity contribution is 0.0790. The summed E-state index contributed by atoms with van der Waals surface area (Å²) in [6, 6.07) is 14.8. The van der Waals surface area contributed by atoms with Crippen LogP contribution in [-0.2, 0) is 0 Å². The maximum atomic E-state index is 12.9. The van der Waals surface area contributed by atoms with Crippen molar-refractivity contribution in [1.82, 2.24) is 20.1 Å². The molecule has 0 spiro atoms. The number of amides is 2. The van der Waals surface area contributed by atoms with Gasteiger partial charge in [0.05, 0.1) is 15.1 Å². The van der Waals surface area contributed by atoms with Crippen molar-refractivity contribution < 1.29 is 14.3 Å². The zero-order chi connectivity index (χ0) is 23.5. The minimum atomic E-state index is -0.128. The summed E-state index contributed by atoms with van der Waals surface area (Å²) >= 11 is 1.38. The molecule has 7 nitrogen and oxygen atoms in total. The fraction of sp³-hybridized carbons (Fsp3) is 0.240. The van der Waals surface area contributed by atoms with Gasteiger partial charge in [-0.25, -0.2) is 0 Å². The van der Waals surface area contributed by atoms with Gasteiger partial charge in [0.15, 0.2) is 0 Å². The Kier molecular flexibility index (Phi) is 6.57. The van der Waals surface area contributed by atoms with E-state index in [0.717, 1.165) is 27.5 Å². The first-order valence-electron chi connectivity index (χ1n) is 10.6. The fourth-order valence-corrected chi connectivity index (χ4v) is 4.59. The van der Waals surface area contributed by atoms with Crippen molar-refractivity contribution in [1.29, 1.82) is 0 Å². The lowest BCUT2D eigenvalue weighted by Gasteiger charge is -2.18. The molecule has 0 unspecified atom stereocenters. The molecule has 8 heteroatoms. The normalized spacial score (nSPS) is 11.2. The molecule has 0 atom stereocenters. The third-order valence-corrected chi connectivity index (χ3v) is 6.49. The summed E-state index contributed by atoms with van der Waals surface area (Å²) in [5.41, 5.74) is 1.34. The molecule has 4 aromatic rings. The van der Waals surface area contributed by atoms with Gasteiger partial charge in [0.25, 0.3) is 11.8 Å². The molecule has 4 rings (SSSR count). The summed E-state index contributed by atoms with van der Waals surface area (Å²) in [5.74, 6) is 1.13. The number of fused-ring (bicyclic) bond motifs is 2. The number of pyridine rings is 1. The molecule has 2 aromatic heterocycles. The molecule has 2 aromatic carbocycles. The Morgan fingerprint density at radius 1 is 1.06 bits per heavy atom. The Balaban J connectivity index is 1.62. The van der Waals surface area contributed by atoms with Crippen LogP contribution >= 0.6 is 11.3 Å². The van der Waals surface area contributed by atoms with Crippen LogP contribution in [-0.4, -0.2) is 67.9 Å². The number of hydrogen-bond acceptors (Lipinski definition) is 6. The molecule has 0 aliphatic carbocycles. The summed E-state index contributed by atoms with van der Waals surface area (Å²) in [6.07, 6.45) is 1.68. The highest BCUT2D eigenvalue weighted by Gasteiger charge is 2.18. The fourth-order valence-electron chi connectivity index (χ4n) is 3.53. The molecule has 0 saturated carbocycles. The molecule has 0 saturated heterocycles. The quantitative estimate of drug-likeness (QED) is 0.445. The van der Waals surface area contributed by atoms with Crippen LogP contribution in [0, 0.1) is 0 Å². The van der Waals surface area contributed by atoms with Crippen molar-refractivity contribution in [2.24, 2.45) is 0 Å². The maximum Gasteiger partial charge on any atom is 0.263 e. The number of rotatable bonds is 7. The van der Waals surface area contributed by atoms with E-state index in [4.69, 9.17) is 4.74 Å². The molecule has 0 bridgehead atoms. The molecule has 0 aliphatic heterocycles. The van der Waals surface area contributed by atoms with E-state index in [-0.39, 0.29) is 11.8 Å². The van der Waals surface area contributed by atoms with Gasteiger partial charge in [-0.05, 0) is 55.2 Å². The van der Waals surface area contributed by atoms with Gasteiger partial charge in [0.2, 0.25) is 0 Å². The van der Waals surface area contributed by atoms with Crippen molar-refractivity contribution in [3.05, 3.63) is 65.2 Å². The van der Waals surface area contributed by atoms with E-state index in [1.54, 1.807) is 30.3 Å². The molecule has 33 heavy (non-hydrogen) atoms. The molecular formula is C25H26N4O3S. The molecule has 2 amide bonds. The summed E-state index contributed by atoms with van der Waals surface area (Å²) in [7, 11) is 7.39. The number of aromatic nitrogens is 1. The zero-order valence-electron chi connectivity index (χ0n) is 19.1. The third-order valence-electron chi connectivity index (χ3n) is 5.37. The van der Waals surface area contributed by atoms with E-state index >= 15 is 0 Å². The standard InChI is InChI=1S/C25H26N4O3S/c1-26-24(30)19-7-5-6-16-14-17(8-9-18(16)19)32-21-10-11-27-20-15-22(33-23(20)21)25(31)29(4)13-12-28(2)3/h5-11,14-15H,12-13H2,1-4H3,(H,26,30). The van der Waals surface area contributed by atoms with Crippen molar-refractivity contribution >= 4 is 44.1 Å². The van der Waals surface area contributed by atoms with Crippen LogP contribution in [0.25, 0.3) is 21.0 Å². The Bertz CT molecular complexity index is 1330. The van der Waals surface area contributed by atoms with Crippen LogP contribution in [0.5, 0.6) is 11.5 Å². The van der Waals surface area contributed by atoms with E-state index in [2.05, 4.69) is 10.3 Å². The minimum Gasteiger partial charge on any atom is -0.456 e. The van der Waals surface area contributed by atoms with Crippen LogP contribution < -0.4 is 10.1 Å². The van der Waals surface area contributed by atoms with Gasteiger partial charge in [-0.3, -0.25) is 14.6 Å². The lowest BCUT2D eigenvalue weighted by atomic mass is 10.0. The van der Waals surface area contributed by atoms with Gasteiger partial charge in [0, 0.05) is 45.0 Å². The van der Waals surface area contributed by atoms with Crippen LogP contribution in [0.1, 0.15) is 20.0 Å². The minimum absolute atomic E-state index is 0.0294. The number of likely N-dealkylation sites (N-methyl/N-ethyl adjacent to an activating group) is 2. The first-order valence-corrected chi connectivity index (χ1v) is 11.4. The van der Waals surface area contributed by atoms with E-state index in [1.807, 2.05) is 62.4 Å². The number of carbonyl (C=O) groups excluding carboxylic acids is 2. The summed E-state index contributed by atoms with van der Waals surface area (Å²) in [4.78, 5) is 33.8. The lowest BCUT2D eigenvalue weighted by Crippen LogP contribution is -2.33. The van der Waals surface area contributed by atoms with Crippen LogP contribution in [0.2, 0.25) is 0 Å². The number of nitrogens with one attached hydrogen (secondary N) is 1. The predicted octanol–water partition coefficient (Wildman–Crippen LogP) is 4.24. The molecule has 0 aliphatic rings. The van der Waals surface area contributed by atoms with Crippen molar-refractivity contribution in [3.63, 3.8) is 0 Å². The molecule has 1 N–H and O–H groups in total. The van der Waals surface area contributed by atoms with Gasteiger partial charge in [0.1, 0.15) is 11.5 Å². The first kappa shape index (κ1) is 22.7. The van der Waals surface area contributed by atoms with E-state index in [0.29, 0.717) is 28.5 Å². The van der Waals surface area contributed by atoms with Crippen molar-refractivity contribution in [3.8, 4) is 11.5 Å². The second-order valence-corrected chi connectivity index (χ2v) is 9.09. The van der Waals surface area contributed by atoms with Gasteiger partial charge >= 0.3 is 0 Å². The number of thiophene rings is 1. The number of hydrogen-bond donors (Lipinski definition) is 1. The molecular weight excluding hydrogens is 436 g/mol. The van der Waals surface area contributed by atoms with Gasteiger partial charge in [-0.15, -0.1) is 11.3 Å². The van der Waals surface area contributed by atoms with E-state index < -0.39 is 0 Å². The Hall–Kier alpha value is -3.49. The predicted molar refractivity (Wildman–Crippen MR) is 133 cm³/mol. The highest BCUT2D eigenvalue weighted by molar-refractivity contribution is 7.21. The number of benzene rings is 2. The second kappa shape index (κ2) is 9.56. The molecule has 170 valence electrons. The number of ether oxygens (including phenoxy) is 1. The zero-order valence-corrected chi connectivity index (χ0v) is 19.9. The van der Waals surface area contributed by atoms with E-state index in [1.165, 1.54) is 11.3 Å². The van der Waals surface area contributed by atoms with Gasteiger partial charge in [-0.2, -0.15) is 0 Å². The summed E-state index contributed by atoms with van der Waals surface area (Å²) in [6.45, 7) is 1.44. The smallest absolute Gasteiger partial charge is 0.263 e. The molecule has 2 heterocycles.